The quantitative estimate of drug-likeness (QED) is 0.884. The molecule has 3 rings (SSSR count). The standard InChI is InChI=1S/C15H20ClNO/c16-13-6-12(9-15(17)4-5-15)7-14(8-13)18-10-11-2-1-3-11/h6-8,11H,1-5,9-10,17H2. The first-order valence-electron chi connectivity index (χ1n) is 6.84. The van der Waals surface area contributed by atoms with Crippen LogP contribution in [0, 0.1) is 5.92 Å². The summed E-state index contributed by atoms with van der Waals surface area (Å²) in [7, 11) is 0. The predicted octanol–water partition coefficient (Wildman–Crippen LogP) is 3.55. The molecule has 18 heavy (non-hydrogen) atoms. The second-order valence-electron chi connectivity index (χ2n) is 5.94. The first kappa shape index (κ1) is 12.3. The van der Waals surface area contributed by atoms with E-state index in [2.05, 4.69) is 6.07 Å². The van der Waals surface area contributed by atoms with Crippen LogP contribution in [0.25, 0.3) is 0 Å². The molecule has 3 heteroatoms. The van der Waals surface area contributed by atoms with E-state index in [-0.39, 0.29) is 5.54 Å². The fourth-order valence-electron chi connectivity index (χ4n) is 2.42. The van der Waals surface area contributed by atoms with Crippen molar-refractivity contribution in [2.75, 3.05) is 6.61 Å². The van der Waals surface area contributed by atoms with Crippen molar-refractivity contribution in [1.29, 1.82) is 0 Å². The molecule has 0 spiro atoms. The van der Waals surface area contributed by atoms with Gasteiger partial charge in [-0.1, -0.05) is 18.0 Å². The summed E-state index contributed by atoms with van der Waals surface area (Å²) in [6.07, 6.45) is 7.12. The van der Waals surface area contributed by atoms with Gasteiger partial charge < -0.3 is 10.5 Å². The van der Waals surface area contributed by atoms with E-state index in [1.165, 1.54) is 24.8 Å². The van der Waals surface area contributed by atoms with E-state index in [0.717, 1.165) is 42.6 Å². The Labute approximate surface area is 113 Å². The van der Waals surface area contributed by atoms with E-state index in [0.29, 0.717) is 0 Å². The normalized spacial score (nSPS) is 21.4. The van der Waals surface area contributed by atoms with Gasteiger partial charge in [0.05, 0.1) is 6.61 Å². The van der Waals surface area contributed by atoms with Crippen molar-refractivity contribution < 1.29 is 4.74 Å². The van der Waals surface area contributed by atoms with Gasteiger partial charge in [-0.2, -0.15) is 0 Å². The zero-order valence-electron chi connectivity index (χ0n) is 10.6. The smallest absolute Gasteiger partial charge is 0.121 e. The highest BCUT2D eigenvalue weighted by atomic mass is 35.5. The second kappa shape index (κ2) is 4.75. The summed E-state index contributed by atoms with van der Waals surface area (Å²) in [6, 6.07) is 6.00. The Hall–Kier alpha value is -0.730. The van der Waals surface area contributed by atoms with Gasteiger partial charge in [0.1, 0.15) is 5.75 Å². The lowest BCUT2D eigenvalue weighted by atomic mass is 9.86. The van der Waals surface area contributed by atoms with Crippen LogP contribution >= 0.6 is 11.6 Å². The molecule has 2 saturated carbocycles. The zero-order valence-corrected chi connectivity index (χ0v) is 11.4. The van der Waals surface area contributed by atoms with Crippen LogP contribution < -0.4 is 10.5 Å². The van der Waals surface area contributed by atoms with E-state index < -0.39 is 0 Å². The first-order chi connectivity index (χ1) is 8.63. The number of nitrogens with two attached hydrogens (primary N) is 1. The molecular formula is C15H20ClNO. The molecule has 2 nitrogen and oxygen atoms in total. The van der Waals surface area contributed by atoms with Gasteiger partial charge in [-0.3, -0.25) is 0 Å². The summed E-state index contributed by atoms with van der Waals surface area (Å²) in [6.45, 7) is 0.827. The lowest BCUT2D eigenvalue weighted by Gasteiger charge is -2.25. The summed E-state index contributed by atoms with van der Waals surface area (Å²) in [5.74, 6) is 1.64. The number of benzene rings is 1. The SMILES string of the molecule is NC1(Cc2cc(Cl)cc(OCC3CCC3)c2)CC1. The average molecular weight is 266 g/mol. The number of rotatable bonds is 5. The molecule has 2 fully saturated rings. The molecule has 0 aliphatic heterocycles. The van der Waals surface area contributed by atoms with Gasteiger partial charge in [-0.25, -0.2) is 0 Å². The van der Waals surface area contributed by atoms with Crippen LogP contribution in [-0.2, 0) is 6.42 Å². The average Bonchev–Trinajstić information content (AvgIpc) is 2.92. The van der Waals surface area contributed by atoms with E-state index in [1.54, 1.807) is 0 Å². The molecule has 2 N–H and O–H groups in total. The van der Waals surface area contributed by atoms with Gasteiger partial charge in [-0.05, 0) is 61.8 Å². The molecule has 0 heterocycles. The highest BCUT2D eigenvalue weighted by Crippen LogP contribution is 2.37. The Morgan fingerprint density at radius 3 is 2.67 bits per heavy atom. The Bertz CT molecular complexity index is 438. The van der Waals surface area contributed by atoms with Crippen molar-refractivity contribution in [2.45, 2.75) is 44.1 Å². The van der Waals surface area contributed by atoms with Crippen LogP contribution in [-0.4, -0.2) is 12.1 Å². The molecule has 0 radical (unpaired) electrons. The van der Waals surface area contributed by atoms with Crippen LogP contribution in [0.4, 0.5) is 0 Å². The molecule has 0 unspecified atom stereocenters. The lowest BCUT2D eigenvalue weighted by Crippen LogP contribution is -2.24. The topological polar surface area (TPSA) is 35.2 Å². The molecule has 0 aromatic heterocycles. The van der Waals surface area contributed by atoms with E-state index >= 15 is 0 Å². The van der Waals surface area contributed by atoms with Crippen molar-refractivity contribution >= 4 is 11.6 Å². The third-order valence-electron chi connectivity index (χ3n) is 4.09. The summed E-state index contributed by atoms with van der Waals surface area (Å²) in [5, 5.41) is 0.750. The Morgan fingerprint density at radius 1 is 1.28 bits per heavy atom. The molecule has 1 aromatic carbocycles. The molecule has 0 bridgehead atoms. The highest BCUT2D eigenvalue weighted by molar-refractivity contribution is 6.30. The van der Waals surface area contributed by atoms with Gasteiger partial charge in [-0.15, -0.1) is 0 Å². The third kappa shape index (κ3) is 2.99. The van der Waals surface area contributed by atoms with E-state index in [4.69, 9.17) is 22.1 Å². The summed E-state index contributed by atoms with van der Waals surface area (Å²) < 4.78 is 5.84. The van der Waals surface area contributed by atoms with Crippen LogP contribution in [0.5, 0.6) is 5.75 Å². The Morgan fingerprint density at radius 2 is 2.06 bits per heavy atom. The number of halogens is 1. The van der Waals surface area contributed by atoms with Crippen molar-refractivity contribution in [1.82, 2.24) is 0 Å². The maximum atomic E-state index is 6.15. The minimum atomic E-state index is 0.0237. The van der Waals surface area contributed by atoms with Crippen LogP contribution in [0.15, 0.2) is 18.2 Å². The predicted molar refractivity (Wildman–Crippen MR) is 74.1 cm³/mol. The van der Waals surface area contributed by atoms with Gasteiger partial charge in [0, 0.05) is 10.6 Å². The minimum Gasteiger partial charge on any atom is -0.493 e. The highest BCUT2D eigenvalue weighted by Gasteiger charge is 2.38. The maximum absolute atomic E-state index is 6.15. The fourth-order valence-corrected chi connectivity index (χ4v) is 2.67. The van der Waals surface area contributed by atoms with Crippen molar-refractivity contribution in [3.05, 3.63) is 28.8 Å². The van der Waals surface area contributed by atoms with Crippen LogP contribution in [0.1, 0.15) is 37.7 Å². The number of ether oxygens (including phenoxy) is 1. The second-order valence-corrected chi connectivity index (χ2v) is 6.38. The van der Waals surface area contributed by atoms with Crippen molar-refractivity contribution in [2.24, 2.45) is 11.7 Å². The molecule has 0 saturated heterocycles. The Balaban J connectivity index is 1.64. The fraction of sp³-hybridized carbons (Fsp3) is 0.600. The van der Waals surface area contributed by atoms with Crippen LogP contribution in [0.3, 0.4) is 0 Å². The molecule has 0 atom stereocenters. The van der Waals surface area contributed by atoms with Gasteiger partial charge >= 0.3 is 0 Å². The molecule has 2 aliphatic carbocycles. The third-order valence-corrected chi connectivity index (χ3v) is 4.31. The van der Waals surface area contributed by atoms with Gasteiger partial charge in [0.2, 0.25) is 0 Å². The molecular weight excluding hydrogens is 246 g/mol. The number of hydrogen-bond acceptors (Lipinski definition) is 2. The van der Waals surface area contributed by atoms with Crippen molar-refractivity contribution in [3.8, 4) is 5.75 Å². The monoisotopic (exact) mass is 265 g/mol. The molecule has 2 aliphatic rings. The van der Waals surface area contributed by atoms with Gasteiger partial charge in [0.15, 0.2) is 0 Å². The van der Waals surface area contributed by atoms with Crippen molar-refractivity contribution in [3.63, 3.8) is 0 Å². The molecule has 1 aromatic rings. The van der Waals surface area contributed by atoms with E-state index in [9.17, 15) is 0 Å². The first-order valence-corrected chi connectivity index (χ1v) is 7.22. The molecule has 0 amide bonds. The maximum Gasteiger partial charge on any atom is 0.121 e. The zero-order chi connectivity index (χ0) is 12.6. The summed E-state index contributed by atoms with van der Waals surface area (Å²) >= 11 is 6.14. The van der Waals surface area contributed by atoms with E-state index in [1.807, 2.05) is 12.1 Å². The molecule has 98 valence electrons. The van der Waals surface area contributed by atoms with Gasteiger partial charge in [0.25, 0.3) is 0 Å². The number of hydrogen-bond donors (Lipinski definition) is 1. The minimum absolute atomic E-state index is 0.0237. The Kier molecular flexibility index (Phi) is 3.25. The lowest BCUT2D eigenvalue weighted by molar-refractivity contribution is 0.180. The summed E-state index contributed by atoms with van der Waals surface area (Å²) in [4.78, 5) is 0. The van der Waals surface area contributed by atoms with Crippen LogP contribution in [0.2, 0.25) is 5.02 Å². The summed E-state index contributed by atoms with van der Waals surface area (Å²) in [5.41, 5.74) is 7.37. The largest absolute Gasteiger partial charge is 0.493 e.